The Morgan fingerprint density at radius 1 is 1.18 bits per heavy atom. The molecular formula is C22H26FN3O2. The average Bonchev–Trinajstić information content (AvgIpc) is 3.21. The highest BCUT2D eigenvalue weighted by Gasteiger charge is 2.19. The SMILES string of the molecule is Cc1cc2c(cc(C(=O)NCCN3CCCCC3)n2Cc2ccccc2F)o1. The van der Waals surface area contributed by atoms with E-state index in [4.69, 9.17) is 4.42 Å². The maximum absolute atomic E-state index is 14.2. The number of likely N-dealkylation sites (tertiary alicyclic amines) is 1. The fourth-order valence-corrected chi connectivity index (χ4v) is 3.92. The van der Waals surface area contributed by atoms with Crippen LogP contribution in [0.15, 0.2) is 40.8 Å². The van der Waals surface area contributed by atoms with Crippen molar-refractivity contribution >= 4 is 17.0 Å². The van der Waals surface area contributed by atoms with E-state index in [-0.39, 0.29) is 18.3 Å². The Kier molecular flexibility index (Phi) is 5.48. The molecule has 5 nitrogen and oxygen atoms in total. The van der Waals surface area contributed by atoms with Gasteiger partial charge in [0, 0.05) is 30.8 Å². The molecule has 1 N–H and O–H groups in total. The number of nitrogens with one attached hydrogen (secondary N) is 1. The molecule has 0 radical (unpaired) electrons. The highest BCUT2D eigenvalue weighted by atomic mass is 19.1. The average molecular weight is 383 g/mol. The Labute approximate surface area is 164 Å². The number of furan rings is 1. The molecule has 0 aliphatic carbocycles. The summed E-state index contributed by atoms with van der Waals surface area (Å²) in [5, 5.41) is 3.02. The summed E-state index contributed by atoms with van der Waals surface area (Å²) in [5.41, 5.74) is 2.49. The van der Waals surface area contributed by atoms with Gasteiger partial charge in [0.25, 0.3) is 5.91 Å². The first-order valence-electron chi connectivity index (χ1n) is 9.95. The Balaban J connectivity index is 1.53. The molecule has 4 rings (SSSR count). The van der Waals surface area contributed by atoms with Gasteiger partial charge < -0.3 is 19.2 Å². The molecule has 0 spiro atoms. The molecule has 1 saturated heterocycles. The number of aromatic nitrogens is 1. The molecule has 28 heavy (non-hydrogen) atoms. The van der Waals surface area contributed by atoms with E-state index in [0.29, 0.717) is 23.4 Å². The predicted octanol–water partition coefficient (Wildman–Crippen LogP) is 3.95. The lowest BCUT2D eigenvalue weighted by Crippen LogP contribution is -2.38. The van der Waals surface area contributed by atoms with E-state index in [1.807, 2.05) is 17.6 Å². The molecule has 1 aliphatic heterocycles. The van der Waals surface area contributed by atoms with E-state index in [0.717, 1.165) is 30.9 Å². The number of piperidine rings is 1. The predicted molar refractivity (Wildman–Crippen MR) is 107 cm³/mol. The van der Waals surface area contributed by atoms with Crippen LogP contribution >= 0.6 is 0 Å². The summed E-state index contributed by atoms with van der Waals surface area (Å²) in [6.45, 7) is 5.81. The van der Waals surface area contributed by atoms with Crippen molar-refractivity contribution < 1.29 is 13.6 Å². The van der Waals surface area contributed by atoms with Crippen LogP contribution in [-0.2, 0) is 6.54 Å². The van der Waals surface area contributed by atoms with Gasteiger partial charge in [-0.2, -0.15) is 0 Å². The standard InChI is InChI=1S/C22H26FN3O2/c1-16-13-19-21(28-16)14-20(26(19)15-17-7-3-4-8-18(17)23)22(27)24-9-12-25-10-5-2-6-11-25/h3-4,7-8,13-14H,2,5-6,9-12,15H2,1H3,(H,24,27). The molecule has 1 aromatic carbocycles. The smallest absolute Gasteiger partial charge is 0.268 e. The zero-order valence-electron chi connectivity index (χ0n) is 16.2. The van der Waals surface area contributed by atoms with E-state index in [9.17, 15) is 9.18 Å². The minimum atomic E-state index is -0.277. The monoisotopic (exact) mass is 383 g/mol. The molecule has 3 aromatic rings. The van der Waals surface area contributed by atoms with Crippen LogP contribution in [0.4, 0.5) is 4.39 Å². The van der Waals surface area contributed by atoms with E-state index < -0.39 is 0 Å². The summed E-state index contributed by atoms with van der Waals surface area (Å²) >= 11 is 0. The number of amides is 1. The van der Waals surface area contributed by atoms with Crippen molar-refractivity contribution in [2.45, 2.75) is 32.7 Å². The van der Waals surface area contributed by atoms with Gasteiger partial charge in [-0.25, -0.2) is 4.39 Å². The molecule has 0 atom stereocenters. The highest BCUT2D eigenvalue weighted by molar-refractivity contribution is 5.97. The third-order valence-electron chi connectivity index (χ3n) is 5.39. The number of benzene rings is 1. The molecule has 6 heteroatoms. The fraction of sp³-hybridized carbons (Fsp3) is 0.409. The van der Waals surface area contributed by atoms with Gasteiger partial charge in [-0.15, -0.1) is 0 Å². The van der Waals surface area contributed by atoms with E-state index >= 15 is 0 Å². The van der Waals surface area contributed by atoms with Gasteiger partial charge in [0.2, 0.25) is 0 Å². The van der Waals surface area contributed by atoms with Crippen molar-refractivity contribution in [2.24, 2.45) is 0 Å². The zero-order chi connectivity index (χ0) is 19.5. The molecule has 148 valence electrons. The van der Waals surface area contributed by atoms with Gasteiger partial charge in [-0.3, -0.25) is 4.79 Å². The van der Waals surface area contributed by atoms with Crippen LogP contribution < -0.4 is 5.32 Å². The number of carbonyl (C=O) groups is 1. The van der Waals surface area contributed by atoms with Crippen LogP contribution in [0.25, 0.3) is 11.1 Å². The minimum absolute atomic E-state index is 0.155. The van der Waals surface area contributed by atoms with Gasteiger partial charge in [0.15, 0.2) is 5.58 Å². The minimum Gasteiger partial charge on any atom is -0.460 e. The second-order valence-electron chi connectivity index (χ2n) is 7.47. The largest absolute Gasteiger partial charge is 0.460 e. The van der Waals surface area contributed by atoms with Crippen LogP contribution in [0.5, 0.6) is 0 Å². The molecule has 0 bridgehead atoms. The lowest BCUT2D eigenvalue weighted by atomic mass is 10.1. The quantitative estimate of drug-likeness (QED) is 0.701. The molecule has 1 fully saturated rings. The molecular weight excluding hydrogens is 357 g/mol. The van der Waals surface area contributed by atoms with Crippen LogP contribution in [0.3, 0.4) is 0 Å². The van der Waals surface area contributed by atoms with Crippen molar-refractivity contribution in [1.29, 1.82) is 0 Å². The van der Waals surface area contributed by atoms with Gasteiger partial charge in [0.05, 0.1) is 12.1 Å². The highest BCUT2D eigenvalue weighted by Crippen LogP contribution is 2.25. The van der Waals surface area contributed by atoms with Crippen molar-refractivity contribution in [3.05, 3.63) is 59.2 Å². The maximum atomic E-state index is 14.2. The Bertz CT molecular complexity index is 969. The number of hydrogen-bond donors (Lipinski definition) is 1. The fourth-order valence-electron chi connectivity index (χ4n) is 3.92. The van der Waals surface area contributed by atoms with Crippen molar-refractivity contribution in [3.63, 3.8) is 0 Å². The first kappa shape index (κ1) is 18.7. The van der Waals surface area contributed by atoms with Gasteiger partial charge in [0.1, 0.15) is 17.3 Å². The van der Waals surface area contributed by atoms with Crippen LogP contribution in [0.2, 0.25) is 0 Å². The van der Waals surface area contributed by atoms with Crippen molar-refractivity contribution in [3.8, 4) is 0 Å². The van der Waals surface area contributed by atoms with E-state index in [1.54, 1.807) is 24.3 Å². The molecule has 1 amide bonds. The summed E-state index contributed by atoms with van der Waals surface area (Å²) in [6.07, 6.45) is 3.76. The summed E-state index contributed by atoms with van der Waals surface area (Å²) in [6, 6.07) is 10.3. The summed E-state index contributed by atoms with van der Waals surface area (Å²) in [7, 11) is 0. The number of fused-ring (bicyclic) bond motifs is 1. The first-order valence-corrected chi connectivity index (χ1v) is 9.95. The van der Waals surface area contributed by atoms with Gasteiger partial charge in [-0.05, 0) is 38.9 Å². The third kappa shape index (κ3) is 3.97. The maximum Gasteiger partial charge on any atom is 0.268 e. The normalized spacial score (nSPS) is 15.2. The molecule has 3 heterocycles. The first-order chi connectivity index (χ1) is 13.6. The number of rotatable bonds is 6. The summed E-state index contributed by atoms with van der Waals surface area (Å²) < 4.78 is 21.7. The lowest BCUT2D eigenvalue weighted by molar-refractivity contribution is 0.0938. The van der Waals surface area contributed by atoms with Gasteiger partial charge >= 0.3 is 0 Å². The molecule has 1 aliphatic rings. The Morgan fingerprint density at radius 2 is 1.96 bits per heavy atom. The second kappa shape index (κ2) is 8.19. The van der Waals surface area contributed by atoms with E-state index in [2.05, 4.69) is 10.2 Å². The van der Waals surface area contributed by atoms with Crippen LogP contribution in [-0.4, -0.2) is 41.6 Å². The second-order valence-corrected chi connectivity index (χ2v) is 7.47. The Morgan fingerprint density at radius 3 is 2.75 bits per heavy atom. The van der Waals surface area contributed by atoms with Gasteiger partial charge in [-0.1, -0.05) is 24.6 Å². The Hall–Kier alpha value is -2.60. The van der Waals surface area contributed by atoms with Crippen LogP contribution in [0.1, 0.15) is 41.1 Å². The number of hydrogen-bond acceptors (Lipinski definition) is 3. The number of halogens is 1. The summed E-state index contributed by atoms with van der Waals surface area (Å²) in [5.74, 6) is 0.336. The number of carbonyl (C=O) groups excluding carboxylic acids is 1. The van der Waals surface area contributed by atoms with Crippen molar-refractivity contribution in [2.75, 3.05) is 26.2 Å². The third-order valence-corrected chi connectivity index (χ3v) is 5.39. The van der Waals surface area contributed by atoms with Crippen molar-refractivity contribution in [1.82, 2.24) is 14.8 Å². The van der Waals surface area contributed by atoms with Crippen LogP contribution in [0, 0.1) is 12.7 Å². The topological polar surface area (TPSA) is 50.4 Å². The molecule has 0 saturated carbocycles. The van der Waals surface area contributed by atoms with E-state index in [1.165, 1.54) is 25.3 Å². The number of aryl methyl sites for hydroxylation is 1. The molecule has 2 aromatic heterocycles. The zero-order valence-corrected chi connectivity index (χ0v) is 16.2. The molecule has 0 unspecified atom stereocenters. The lowest BCUT2D eigenvalue weighted by Gasteiger charge is -2.26. The summed E-state index contributed by atoms with van der Waals surface area (Å²) in [4.78, 5) is 15.2. The number of nitrogens with zero attached hydrogens (tertiary/aromatic N) is 2.